The molecular weight excluding hydrogens is 148 g/mol. The van der Waals surface area contributed by atoms with Gasteiger partial charge in [-0.15, -0.1) is 0 Å². The highest BCUT2D eigenvalue weighted by molar-refractivity contribution is 5.46. The van der Waals surface area contributed by atoms with Crippen molar-refractivity contribution in [2.45, 2.75) is 12.8 Å². The number of hydrogen-bond acceptors (Lipinski definition) is 2. The van der Waals surface area contributed by atoms with Gasteiger partial charge in [-0.3, -0.25) is 4.98 Å². The van der Waals surface area contributed by atoms with E-state index in [-0.39, 0.29) is 0 Å². The lowest BCUT2D eigenvalue weighted by atomic mass is 10.1. The van der Waals surface area contributed by atoms with E-state index in [0.29, 0.717) is 0 Å². The first-order valence-corrected chi connectivity index (χ1v) is 4.24. The number of hydrogen-bond donors (Lipinski definition) is 1. The first-order valence-electron chi connectivity index (χ1n) is 4.24. The van der Waals surface area contributed by atoms with E-state index >= 15 is 0 Å². The third-order valence-corrected chi connectivity index (χ3v) is 2.19. The second kappa shape index (κ2) is 2.97. The SMILES string of the molecule is CNC1=c2ncccc2=CCC1. The van der Waals surface area contributed by atoms with Crippen LogP contribution in [0.15, 0.2) is 18.3 Å². The van der Waals surface area contributed by atoms with Gasteiger partial charge in [-0.1, -0.05) is 12.1 Å². The van der Waals surface area contributed by atoms with E-state index in [1.54, 1.807) is 0 Å². The highest BCUT2D eigenvalue weighted by Gasteiger charge is 2.01. The van der Waals surface area contributed by atoms with Crippen molar-refractivity contribution < 1.29 is 0 Å². The van der Waals surface area contributed by atoms with E-state index in [4.69, 9.17) is 0 Å². The second-order valence-corrected chi connectivity index (χ2v) is 2.91. The Balaban J connectivity index is 2.78. The second-order valence-electron chi connectivity index (χ2n) is 2.91. The predicted octanol–water partition coefficient (Wildman–Crippen LogP) is -0.0165. The Bertz CT molecular complexity index is 393. The van der Waals surface area contributed by atoms with Gasteiger partial charge in [0.15, 0.2) is 0 Å². The standard InChI is InChI=1S/C10H12N2/c1-11-9-6-2-4-8-5-3-7-12-10(8)9/h3-5,7,11H,2,6H2,1H3. The summed E-state index contributed by atoms with van der Waals surface area (Å²) >= 11 is 0. The zero-order chi connectivity index (χ0) is 8.39. The molecule has 0 aromatic carbocycles. The molecule has 0 unspecified atom stereocenters. The molecule has 2 heteroatoms. The molecule has 0 fully saturated rings. The minimum Gasteiger partial charge on any atom is -0.390 e. The van der Waals surface area contributed by atoms with E-state index < -0.39 is 0 Å². The highest BCUT2D eigenvalue weighted by Crippen LogP contribution is 2.01. The van der Waals surface area contributed by atoms with Crippen LogP contribution in [0.4, 0.5) is 0 Å². The number of fused-ring (bicyclic) bond motifs is 1. The summed E-state index contributed by atoms with van der Waals surface area (Å²) in [4.78, 5) is 4.34. The molecule has 1 N–H and O–H groups in total. The number of pyridine rings is 1. The summed E-state index contributed by atoms with van der Waals surface area (Å²) in [6.45, 7) is 0. The van der Waals surface area contributed by atoms with E-state index in [1.807, 2.05) is 19.3 Å². The molecule has 0 saturated carbocycles. The first-order chi connectivity index (χ1) is 5.92. The van der Waals surface area contributed by atoms with Gasteiger partial charge < -0.3 is 5.32 Å². The smallest absolute Gasteiger partial charge is 0.0887 e. The maximum Gasteiger partial charge on any atom is 0.0887 e. The van der Waals surface area contributed by atoms with Crippen LogP contribution in [0.2, 0.25) is 0 Å². The van der Waals surface area contributed by atoms with Crippen molar-refractivity contribution in [2.24, 2.45) is 0 Å². The van der Waals surface area contributed by atoms with Crippen molar-refractivity contribution in [1.82, 2.24) is 10.3 Å². The lowest BCUT2D eigenvalue weighted by molar-refractivity contribution is 0.934. The van der Waals surface area contributed by atoms with E-state index in [1.165, 1.54) is 10.9 Å². The Labute approximate surface area is 71.6 Å². The minimum absolute atomic E-state index is 1.08. The Hall–Kier alpha value is -1.31. The highest BCUT2D eigenvalue weighted by atomic mass is 14.9. The fourth-order valence-electron chi connectivity index (χ4n) is 1.57. The fraction of sp³-hybridized carbons (Fsp3) is 0.300. The van der Waals surface area contributed by atoms with Gasteiger partial charge in [-0.05, 0) is 24.1 Å². The van der Waals surface area contributed by atoms with Crippen molar-refractivity contribution in [3.63, 3.8) is 0 Å². The molecular formula is C10H12N2. The lowest BCUT2D eigenvalue weighted by Crippen LogP contribution is -2.35. The van der Waals surface area contributed by atoms with Gasteiger partial charge in [-0.25, -0.2) is 0 Å². The number of rotatable bonds is 1. The molecule has 0 spiro atoms. The fourth-order valence-corrected chi connectivity index (χ4v) is 1.57. The maximum atomic E-state index is 4.34. The van der Waals surface area contributed by atoms with Gasteiger partial charge in [0.05, 0.1) is 5.35 Å². The monoisotopic (exact) mass is 160 g/mol. The van der Waals surface area contributed by atoms with Gasteiger partial charge in [0.1, 0.15) is 0 Å². The molecule has 0 amide bonds. The Morgan fingerprint density at radius 1 is 1.50 bits per heavy atom. The van der Waals surface area contributed by atoms with Crippen molar-refractivity contribution in [1.29, 1.82) is 0 Å². The van der Waals surface area contributed by atoms with Crippen molar-refractivity contribution in [2.75, 3.05) is 7.05 Å². The third-order valence-electron chi connectivity index (χ3n) is 2.19. The molecule has 2 rings (SSSR count). The van der Waals surface area contributed by atoms with Crippen LogP contribution in [0, 0.1) is 0 Å². The summed E-state index contributed by atoms with van der Waals surface area (Å²) in [5.41, 5.74) is 1.26. The molecule has 62 valence electrons. The summed E-state index contributed by atoms with van der Waals surface area (Å²) in [5, 5.41) is 5.57. The summed E-state index contributed by atoms with van der Waals surface area (Å²) < 4.78 is 0. The molecule has 12 heavy (non-hydrogen) atoms. The van der Waals surface area contributed by atoms with Gasteiger partial charge in [0.2, 0.25) is 0 Å². The normalized spacial score (nSPS) is 14.9. The van der Waals surface area contributed by atoms with Crippen LogP contribution in [0.25, 0.3) is 11.8 Å². The Kier molecular flexibility index (Phi) is 1.82. The van der Waals surface area contributed by atoms with Crippen LogP contribution in [-0.2, 0) is 0 Å². The summed E-state index contributed by atoms with van der Waals surface area (Å²) in [6.07, 6.45) is 6.29. The molecule has 0 radical (unpaired) electrons. The molecule has 0 aliphatic heterocycles. The topological polar surface area (TPSA) is 24.9 Å². The van der Waals surface area contributed by atoms with E-state index in [0.717, 1.165) is 18.2 Å². The van der Waals surface area contributed by atoms with Crippen LogP contribution in [0.1, 0.15) is 12.8 Å². The summed E-state index contributed by atoms with van der Waals surface area (Å²) in [6, 6.07) is 4.09. The molecule has 1 aliphatic rings. The minimum atomic E-state index is 1.08. The van der Waals surface area contributed by atoms with Crippen LogP contribution in [0.5, 0.6) is 0 Å². The maximum absolute atomic E-state index is 4.34. The first kappa shape index (κ1) is 7.35. The number of aromatic nitrogens is 1. The van der Waals surface area contributed by atoms with Crippen LogP contribution in [0.3, 0.4) is 0 Å². The largest absolute Gasteiger partial charge is 0.390 e. The van der Waals surface area contributed by atoms with E-state index in [9.17, 15) is 0 Å². The average molecular weight is 160 g/mol. The van der Waals surface area contributed by atoms with Gasteiger partial charge in [-0.2, -0.15) is 0 Å². The zero-order valence-electron chi connectivity index (χ0n) is 7.17. The van der Waals surface area contributed by atoms with Gasteiger partial charge >= 0.3 is 0 Å². The van der Waals surface area contributed by atoms with Crippen molar-refractivity contribution in [3.05, 3.63) is 28.9 Å². The lowest BCUT2D eigenvalue weighted by Gasteiger charge is -2.08. The molecule has 1 aliphatic carbocycles. The molecule has 1 aromatic heterocycles. The van der Waals surface area contributed by atoms with E-state index in [2.05, 4.69) is 22.4 Å². The Morgan fingerprint density at radius 2 is 2.42 bits per heavy atom. The van der Waals surface area contributed by atoms with Crippen LogP contribution in [-0.4, -0.2) is 12.0 Å². The Morgan fingerprint density at radius 3 is 3.25 bits per heavy atom. The molecule has 1 aromatic rings. The number of nitrogens with zero attached hydrogens (tertiary/aromatic N) is 1. The summed E-state index contributed by atoms with van der Waals surface area (Å²) in [7, 11) is 1.96. The molecule has 0 saturated heterocycles. The number of nitrogens with one attached hydrogen (secondary N) is 1. The molecule has 2 nitrogen and oxygen atoms in total. The third kappa shape index (κ3) is 1.09. The molecule has 0 atom stereocenters. The average Bonchev–Trinajstić information content (AvgIpc) is 2.17. The van der Waals surface area contributed by atoms with Gasteiger partial charge in [0.25, 0.3) is 0 Å². The zero-order valence-corrected chi connectivity index (χ0v) is 7.17. The van der Waals surface area contributed by atoms with Crippen molar-refractivity contribution >= 4 is 11.8 Å². The quantitative estimate of drug-likeness (QED) is 0.624. The van der Waals surface area contributed by atoms with Crippen LogP contribution >= 0.6 is 0 Å². The molecule has 1 heterocycles. The predicted molar refractivity (Wildman–Crippen MR) is 49.7 cm³/mol. The summed E-state index contributed by atoms with van der Waals surface area (Å²) in [5.74, 6) is 0. The van der Waals surface area contributed by atoms with Crippen LogP contribution < -0.4 is 15.9 Å². The van der Waals surface area contributed by atoms with Crippen molar-refractivity contribution in [3.8, 4) is 0 Å². The van der Waals surface area contributed by atoms with Gasteiger partial charge in [0, 0.05) is 18.9 Å². The molecule has 0 bridgehead atoms.